The van der Waals surface area contributed by atoms with Gasteiger partial charge in [0, 0.05) is 30.1 Å². The smallest absolute Gasteiger partial charge is 0.251 e. The zero-order valence-corrected chi connectivity index (χ0v) is 31.1. The highest BCUT2D eigenvalue weighted by molar-refractivity contribution is 5.95. The van der Waals surface area contributed by atoms with Gasteiger partial charge < -0.3 is 25.7 Å². The van der Waals surface area contributed by atoms with Crippen LogP contribution in [0.2, 0.25) is 0 Å². The fourth-order valence-electron chi connectivity index (χ4n) is 8.96. The SMILES string of the molecule is C[C@@H]1[C@@H](NC(=O)[C@@H]2[C@H]([C@H](C)O)[C@H](CO)ON2Cc2cccc(-c3cccc(C(=O)N[C@H](CN(C)C)CC(C)(C)C)c3)c2)CC2C[C@@H]1C2(C)C. The maximum atomic E-state index is 14.1. The predicted molar refractivity (Wildman–Crippen MR) is 193 cm³/mol. The summed E-state index contributed by atoms with van der Waals surface area (Å²) in [6.07, 6.45) is 1.50. The van der Waals surface area contributed by atoms with E-state index in [4.69, 9.17) is 4.84 Å². The number of carbonyl (C=O) groups excluding carboxylic acids is 2. The summed E-state index contributed by atoms with van der Waals surface area (Å²) in [6.45, 7) is 15.9. The van der Waals surface area contributed by atoms with Crippen molar-refractivity contribution in [3.05, 3.63) is 59.7 Å². The minimum absolute atomic E-state index is 0.0205. The zero-order valence-electron chi connectivity index (χ0n) is 31.1. The number of likely N-dealkylation sites (N-methyl/N-ethyl adjacent to an activating group) is 1. The minimum Gasteiger partial charge on any atom is -0.394 e. The molecular weight excluding hydrogens is 616 g/mol. The number of hydrogen-bond donors (Lipinski definition) is 4. The molecule has 2 aromatic carbocycles. The number of hydroxylamine groups is 2. The average molecular weight is 677 g/mol. The summed E-state index contributed by atoms with van der Waals surface area (Å²) in [5.74, 6) is 0.712. The van der Waals surface area contributed by atoms with E-state index in [0.29, 0.717) is 35.3 Å². The summed E-state index contributed by atoms with van der Waals surface area (Å²) in [5.41, 5.74) is 3.75. The number of hydrogen-bond acceptors (Lipinski definition) is 7. The summed E-state index contributed by atoms with van der Waals surface area (Å²) in [6, 6.07) is 15.0. The lowest BCUT2D eigenvalue weighted by atomic mass is 9.45. The summed E-state index contributed by atoms with van der Waals surface area (Å²) in [5, 5.41) is 29.3. The van der Waals surface area contributed by atoms with Crippen molar-refractivity contribution in [3.63, 3.8) is 0 Å². The van der Waals surface area contributed by atoms with Gasteiger partial charge in [-0.15, -0.1) is 0 Å². The quantitative estimate of drug-likeness (QED) is 0.247. The molecule has 9 nitrogen and oxygen atoms in total. The van der Waals surface area contributed by atoms with Crippen LogP contribution in [0.3, 0.4) is 0 Å². The first-order valence-corrected chi connectivity index (χ1v) is 18.2. The molecule has 1 unspecified atom stereocenters. The number of nitrogens with one attached hydrogen (secondary N) is 2. The van der Waals surface area contributed by atoms with E-state index in [1.807, 2.05) is 62.6 Å². The summed E-state index contributed by atoms with van der Waals surface area (Å²) in [7, 11) is 4.04. The van der Waals surface area contributed by atoms with E-state index in [1.54, 1.807) is 12.0 Å². The number of aliphatic hydroxyl groups excluding tert-OH is 2. The molecule has 1 aliphatic heterocycles. The van der Waals surface area contributed by atoms with Crippen molar-refractivity contribution < 1.29 is 24.6 Å². The normalized spacial score (nSPS) is 29.3. The van der Waals surface area contributed by atoms with E-state index >= 15 is 0 Å². The predicted octanol–water partition coefficient (Wildman–Crippen LogP) is 5.11. The van der Waals surface area contributed by atoms with Crippen molar-refractivity contribution in [1.82, 2.24) is 20.6 Å². The Morgan fingerprint density at radius 1 is 1.08 bits per heavy atom. The third-order valence-corrected chi connectivity index (χ3v) is 11.6. The second-order valence-corrected chi connectivity index (χ2v) is 17.2. The van der Waals surface area contributed by atoms with E-state index in [0.717, 1.165) is 36.1 Å². The number of aliphatic hydroxyl groups is 2. The highest BCUT2D eigenvalue weighted by atomic mass is 16.7. The Hall–Kier alpha value is -2.82. The Labute approximate surface area is 293 Å². The van der Waals surface area contributed by atoms with Crippen LogP contribution >= 0.6 is 0 Å². The number of fused-ring (bicyclic) bond motifs is 2. The molecule has 6 rings (SSSR count). The van der Waals surface area contributed by atoms with Crippen molar-refractivity contribution in [2.75, 3.05) is 27.2 Å². The second kappa shape index (κ2) is 14.8. The molecule has 2 amide bonds. The van der Waals surface area contributed by atoms with Gasteiger partial charge in [-0.05, 0) is 104 Å². The summed E-state index contributed by atoms with van der Waals surface area (Å²) >= 11 is 0. The van der Waals surface area contributed by atoms with Gasteiger partial charge in [0.05, 0.1) is 19.3 Å². The molecule has 1 saturated heterocycles. The van der Waals surface area contributed by atoms with Crippen LogP contribution in [0, 0.1) is 34.5 Å². The van der Waals surface area contributed by atoms with Gasteiger partial charge in [-0.2, -0.15) is 5.06 Å². The number of carbonyl (C=O) groups is 2. The minimum atomic E-state index is -0.852. The molecule has 9 atom stereocenters. The molecule has 0 radical (unpaired) electrons. The van der Waals surface area contributed by atoms with Crippen molar-refractivity contribution in [1.29, 1.82) is 0 Å². The number of nitrogens with zero attached hydrogens (tertiary/aromatic N) is 2. The first-order chi connectivity index (χ1) is 23.0. The van der Waals surface area contributed by atoms with Crippen LogP contribution in [0.1, 0.15) is 83.7 Å². The van der Waals surface area contributed by atoms with Crippen LogP contribution in [-0.4, -0.2) is 89.6 Å². The standard InChI is InChI=1S/C40H60N4O5/c1-24-32-18-30(40(32,6)7)19-33(24)42-38(48)36-35(25(2)46)34(23-45)49-44(36)21-26-12-10-13-27(16-26)28-14-11-15-29(17-28)37(47)41-31(22-43(8)9)20-39(3,4)5/h10-17,24-25,30-36,45-46H,18-23H2,1-9H3,(H,41,47)(H,42,48)/t24-,25-,30?,31-,32-,33-,34-,35+,36-/m0/s1. The molecule has 3 saturated carbocycles. The average Bonchev–Trinajstić information content (AvgIpc) is 3.39. The van der Waals surface area contributed by atoms with Crippen LogP contribution in [-0.2, 0) is 16.2 Å². The molecule has 3 aliphatic carbocycles. The molecule has 4 N–H and O–H groups in total. The van der Waals surface area contributed by atoms with Crippen LogP contribution < -0.4 is 10.6 Å². The Kier molecular flexibility index (Phi) is 11.3. The molecule has 1 heterocycles. The first-order valence-electron chi connectivity index (χ1n) is 18.2. The van der Waals surface area contributed by atoms with Gasteiger partial charge in [0.15, 0.2) is 0 Å². The number of rotatable bonds is 12. The zero-order chi connectivity index (χ0) is 35.8. The second-order valence-electron chi connectivity index (χ2n) is 17.2. The molecule has 49 heavy (non-hydrogen) atoms. The molecule has 270 valence electrons. The van der Waals surface area contributed by atoms with E-state index in [1.165, 1.54) is 6.42 Å². The lowest BCUT2D eigenvalue weighted by molar-refractivity contribution is -0.183. The lowest BCUT2D eigenvalue weighted by Crippen LogP contribution is -2.62. The van der Waals surface area contributed by atoms with Gasteiger partial charge in [0.25, 0.3) is 5.91 Å². The molecule has 2 bridgehead atoms. The largest absolute Gasteiger partial charge is 0.394 e. The third-order valence-electron chi connectivity index (χ3n) is 11.6. The van der Waals surface area contributed by atoms with Crippen LogP contribution in [0.4, 0.5) is 0 Å². The van der Waals surface area contributed by atoms with Gasteiger partial charge in [-0.3, -0.25) is 14.4 Å². The fourth-order valence-corrected chi connectivity index (χ4v) is 8.96. The van der Waals surface area contributed by atoms with E-state index in [-0.39, 0.29) is 35.9 Å². The van der Waals surface area contributed by atoms with Gasteiger partial charge in [-0.25, -0.2) is 0 Å². The van der Waals surface area contributed by atoms with Gasteiger partial charge in [-0.1, -0.05) is 71.9 Å². The highest BCUT2D eigenvalue weighted by Crippen LogP contribution is 2.61. The fraction of sp³-hybridized carbons (Fsp3) is 0.650. The molecule has 0 aromatic heterocycles. The van der Waals surface area contributed by atoms with Crippen LogP contribution in [0.25, 0.3) is 11.1 Å². The maximum absolute atomic E-state index is 14.1. The van der Waals surface area contributed by atoms with Gasteiger partial charge in [0.1, 0.15) is 12.1 Å². The maximum Gasteiger partial charge on any atom is 0.251 e. The third kappa shape index (κ3) is 8.39. The van der Waals surface area contributed by atoms with Crippen LogP contribution in [0.15, 0.2) is 48.5 Å². The van der Waals surface area contributed by atoms with E-state index in [9.17, 15) is 19.8 Å². The molecule has 4 aliphatic rings. The number of benzene rings is 2. The first kappa shape index (κ1) is 37.4. The summed E-state index contributed by atoms with van der Waals surface area (Å²) < 4.78 is 0. The van der Waals surface area contributed by atoms with Crippen molar-refractivity contribution >= 4 is 11.8 Å². The molecule has 0 spiro atoms. The Balaban J connectivity index is 1.32. The topological polar surface area (TPSA) is 114 Å². The monoisotopic (exact) mass is 676 g/mol. The molecule has 4 fully saturated rings. The van der Waals surface area contributed by atoms with Crippen LogP contribution in [0.5, 0.6) is 0 Å². The van der Waals surface area contributed by atoms with Crippen molar-refractivity contribution in [2.24, 2.45) is 34.5 Å². The number of amides is 2. The summed E-state index contributed by atoms with van der Waals surface area (Å²) in [4.78, 5) is 35.8. The highest BCUT2D eigenvalue weighted by Gasteiger charge is 2.57. The Morgan fingerprint density at radius 3 is 2.35 bits per heavy atom. The van der Waals surface area contributed by atoms with Crippen molar-refractivity contribution in [3.8, 4) is 11.1 Å². The van der Waals surface area contributed by atoms with E-state index in [2.05, 4.69) is 57.1 Å². The van der Waals surface area contributed by atoms with E-state index < -0.39 is 24.2 Å². The Morgan fingerprint density at radius 2 is 1.76 bits per heavy atom. The van der Waals surface area contributed by atoms with Gasteiger partial charge >= 0.3 is 0 Å². The molecule has 2 aromatic rings. The Bertz CT molecular complexity index is 1470. The molecular formula is C40H60N4O5. The van der Waals surface area contributed by atoms with Gasteiger partial charge in [0.2, 0.25) is 5.91 Å². The molecule has 9 heteroatoms. The van der Waals surface area contributed by atoms with Crippen molar-refractivity contribution in [2.45, 2.75) is 105 Å². The lowest BCUT2D eigenvalue weighted by Gasteiger charge is -2.62.